The zero-order valence-corrected chi connectivity index (χ0v) is 15.6. The van der Waals surface area contributed by atoms with E-state index < -0.39 is 4.92 Å². The minimum Gasteiger partial charge on any atom is -0.497 e. The van der Waals surface area contributed by atoms with E-state index in [2.05, 4.69) is 15.3 Å². The lowest BCUT2D eigenvalue weighted by Crippen LogP contribution is -2.15. The van der Waals surface area contributed by atoms with Gasteiger partial charge in [-0.1, -0.05) is 17.8 Å². The SMILES string of the molecule is COc1cccc(OCc2nnc3n2N=C(c2ccc([N+](=O)[O-])cc2)CS3)c1. The number of nitrogens with zero attached hydrogens (tertiary/aromatic N) is 5. The first-order valence-corrected chi connectivity index (χ1v) is 9.29. The average molecular weight is 397 g/mol. The summed E-state index contributed by atoms with van der Waals surface area (Å²) in [6.07, 6.45) is 0. The van der Waals surface area contributed by atoms with Gasteiger partial charge >= 0.3 is 0 Å². The van der Waals surface area contributed by atoms with Crippen LogP contribution in [0.2, 0.25) is 0 Å². The second-order valence-electron chi connectivity index (χ2n) is 5.82. The topological polar surface area (TPSA) is 105 Å². The number of aromatic nitrogens is 3. The molecule has 0 fully saturated rings. The Labute approximate surface area is 164 Å². The maximum Gasteiger partial charge on any atom is 0.269 e. The van der Waals surface area contributed by atoms with Crippen molar-refractivity contribution in [2.45, 2.75) is 11.8 Å². The molecule has 0 N–H and O–H groups in total. The molecule has 1 aromatic heterocycles. The summed E-state index contributed by atoms with van der Waals surface area (Å²) in [5.74, 6) is 2.52. The summed E-state index contributed by atoms with van der Waals surface area (Å²) in [5.41, 5.74) is 1.65. The number of hydrogen-bond acceptors (Lipinski definition) is 8. The molecular weight excluding hydrogens is 382 g/mol. The minimum absolute atomic E-state index is 0.0465. The summed E-state index contributed by atoms with van der Waals surface area (Å²) in [7, 11) is 1.60. The Bertz CT molecular complexity index is 1050. The quantitative estimate of drug-likeness (QED) is 0.465. The molecule has 0 atom stereocenters. The lowest BCUT2D eigenvalue weighted by molar-refractivity contribution is -0.384. The summed E-state index contributed by atoms with van der Waals surface area (Å²) in [4.78, 5) is 10.4. The minimum atomic E-state index is -0.423. The van der Waals surface area contributed by atoms with Crippen LogP contribution in [0, 0.1) is 10.1 Å². The smallest absolute Gasteiger partial charge is 0.269 e. The van der Waals surface area contributed by atoms with E-state index in [1.807, 2.05) is 18.2 Å². The third-order valence-electron chi connectivity index (χ3n) is 4.06. The molecule has 0 unspecified atom stereocenters. The van der Waals surface area contributed by atoms with Crippen molar-refractivity contribution in [1.29, 1.82) is 0 Å². The standard InChI is InChI=1S/C18H15N5O4S/c1-26-14-3-2-4-15(9-14)27-10-17-19-20-18-22(17)21-16(11-28-18)12-5-7-13(8-6-12)23(24)25/h2-9H,10-11H2,1H3. The molecule has 10 heteroatoms. The van der Waals surface area contributed by atoms with Crippen LogP contribution in [-0.2, 0) is 6.61 Å². The monoisotopic (exact) mass is 397 g/mol. The molecule has 4 rings (SSSR count). The van der Waals surface area contributed by atoms with Crippen molar-refractivity contribution in [2.75, 3.05) is 12.9 Å². The van der Waals surface area contributed by atoms with Gasteiger partial charge in [0.25, 0.3) is 5.69 Å². The van der Waals surface area contributed by atoms with Gasteiger partial charge in [-0.05, 0) is 29.8 Å². The van der Waals surface area contributed by atoms with E-state index in [4.69, 9.17) is 9.47 Å². The molecule has 1 aliphatic rings. The van der Waals surface area contributed by atoms with E-state index in [1.165, 1.54) is 23.9 Å². The van der Waals surface area contributed by atoms with Crippen LogP contribution in [0.25, 0.3) is 0 Å². The lowest BCUT2D eigenvalue weighted by atomic mass is 10.1. The second-order valence-corrected chi connectivity index (χ2v) is 6.76. The Balaban J connectivity index is 1.54. The number of ether oxygens (including phenoxy) is 2. The average Bonchev–Trinajstić information content (AvgIpc) is 3.14. The Morgan fingerprint density at radius 3 is 2.71 bits per heavy atom. The van der Waals surface area contributed by atoms with Crippen LogP contribution >= 0.6 is 11.8 Å². The van der Waals surface area contributed by atoms with Crippen LogP contribution in [0.15, 0.2) is 58.8 Å². The molecule has 28 heavy (non-hydrogen) atoms. The number of nitro groups is 1. The van der Waals surface area contributed by atoms with Gasteiger partial charge in [0.2, 0.25) is 5.16 Å². The highest BCUT2D eigenvalue weighted by atomic mass is 32.2. The summed E-state index contributed by atoms with van der Waals surface area (Å²) in [6.45, 7) is 0.192. The first kappa shape index (κ1) is 18.0. The van der Waals surface area contributed by atoms with Crippen molar-refractivity contribution < 1.29 is 14.4 Å². The van der Waals surface area contributed by atoms with E-state index in [0.717, 1.165) is 11.3 Å². The van der Waals surface area contributed by atoms with E-state index in [-0.39, 0.29) is 12.3 Å². The molecule has 3 aromatic rings. The highest BCUT2D eigenvalue weighted by Gasteiger charge is 2.20. The van der Waals surface area contributed by atoms with E-state index in [0.29, 0.717) is 28.2 Å². The number of fused-ring (bicyclic) bond motifs is 1. The number of hydrogen-bond donors (Lipinski definition) is 0. The maximum atomic E-state index is 10.8. The molecule has 0 bridgehead atoms. The number of benzene rings is 2. The normalized spacial score (nSPS) is 12.8. The van der Waals surface area contributed by atoms with Gasteiger partial charge in [-0.2, -0.15) is 9.78 Å². The van der Waals surface area contributed by atoms with Gasteiger partial charge in [0.1, 0.15) is 18.1 Å². The second kappa shape index (κ2) is 7.69. The highest BCUT2D eigenvalue weighted by Crippen LogP contribution is 2.26. The van der Waals surface area contributed by atoms with Crippen LogP contribution in [0.5, 0.6) is 11.5 Å². The molecule has 0 saturated heterocycles. The fourth-order valence-electron chi connectivity index (χ4n) is 2.61. The zero-order chi connectivity index (χ0) is 19.5. The first-order chi connectivity index (χ1) is 13.6. The molecule has 9 nitrogen and oxygen atoms in total. The van der Waals surface area contributed by atoms with Crippen molar-refractivity contribution in [3.05, 3.63) is 70.0 Å². The van der Waals surface area contributed by atoms with Crippen LogP contribution in [0.1, 0.15) is 11.4 Å². The zero-order valence-electron chi connectivity index (χ0n) is 14.8. The van der Waals surface area contributed by atoms with Crippen molar-refractivity contribution in [3.8, 4) is 11.5 Å². The van der Waals surface area contributed by atoms with E-state index in [9.17, 15) is 10.1 Å². The fraction of sp³-hybridized carbons (Fsp3) is 0.167. The van der Waals surface area contributed by atoms with E-state index >= 15 is 0 Å². The molecule has 0 amide bonds. The molecule has 2 aromatic carbocycles. The molecule has 0 aliphatic carbocycles. The molecule has 2 heterocycles. The Hall–Kier alpha value is -3.40. The van der Waals surface area contributed by atoms with Gasteiger partial charge in [0.05, 0.1) is 17.7 Å². The summed E-state index contributed by atoms with van der Waals surface area (Å²) in [6, 6.07) is 13.6. The van der Waals surface area contributed by atoms with E-state index in [1.54, 1.807) is 30.0 Å². The third-order valence-corrected chi connectivity index (χ3v) is 4.99. The first-order valence-electron chi connectivity index (χ1n) is 8.30. The number of rotatable bonds is 6. The number of thioether (sulfide) groups is 1. The molecule has 1 aliphatic heterocycles. The van der Waals surface area contributed by atoms with Gasteiger partial charge in [-0.25, -0.2) is 0 Å². The number of non-ortho nitro benzene ring substituents is 1. The van der Waals surface area contributed by atoms with Gasteiger partial charge in [-0.15, -0.1) is 10.2 Å². The maximum absolute atomic E-state index is 10.8. The Kier molecular flexibility index (Phi) is 4.94. The van der Waals surface area contributed by atoms with Gasteiger partial charge in [-0.3, -0.25) is 10.1 Å². The van der Waals surface area contributed by atoms with Gasteiger partial charge in [0, 0.05) is 24.0 Å². The molecule has 0 spiro atoms. The summed E-state index contributed by atoms with van der Waals surface area (Å²) >= 11 is 1.50. The Morgan fingerprint density at radius 1 is 1.18 bits per heavy atom. The van der Waals surface area contributed by atoms with Crippen molar-refractivity contribution >= 4 is 23.2 Å². The molecule has 142 valence electrons. The van der Waals surface area contributed by atoms with Crippen molar-refractivity contribution in [3.63, 3.8) is 0 Å². The Morgan fingerprint density at radius 2 is 1.96 bits per heavy atom. The highest BCUT2D eigenvalue weighted by molar-refractivity contribution is 7.99. The molecule has 0 radical (unpaired) electrons. The largest absolute Gasteiger partial charge is 0.497 e. The third kappa shape index (κ3) is 3.67. The van der Waals surface area contributed by atoms with Crippen molar-refractivity contribution in [2.24, 2.45) is 5.10 Å². The molecular formula is C18H15N5O4S. The van der Waals surface area contributed by atoms with Crippen LogP contribution in [0.4, 0.5) is 5.69 Å². The van der Waals surface area contributed by atoms with Crippen molar-refractivity contribution in [1.82, 2.24) is 14.9 Å². The number of methoxy groups -OCH3 is 1. The van der Waals surface area contributed by atoms with Crippen LogP contribution in [-0.4, -0.2) is 38.4 Å². The fourth-order valence-corrected chi connectivity index (χ4v) is 3.47. The van der Waals surface area contributed by atoms with Crippen LogP contribution < -0.4 is 9.47 Å². The lowest BCUT2D eigenvalue weighted by Gasteiger charge is -2.14. The van der Waals surface area contributed by atoms with Gasteiger partial charge < -0.3 is 9.47 Å². The number of nitro benzene ring substituents is 1. The van der Waals surface area contributed by atoms with Crippen LogP contribution in [0.3, 0.4) is 0 Å². The van der Waals surface area contributed by atoms with Gasteiger partial charge in [0.15, 0.2) is 5.82 Å². The summed E-state index contributed by atoms with van der Waals surface area (Å²) < 4.78 is 12.6. The summed E-state index contributed by atoms with van der Waals surface area (Å²) in [5, 5.41) is 24.4. The molecule has 0 saturated carbocycles. The predicted octanol–water partition coefficient (Wildman–Crippen LogP) is 3.13. The predicted molar refractivity (Wildman–Crippen MR) is 103 cm³/mol.